The number of fused-ring (bicyclic) bond motifs is 1. The normalized spacial score (nSPS) is 19.0. The summed E-state index contributed by atoms with van der Waals surface area (Å²) < 4.78 is 1.79. The Bertz CT molecular complexity index is 1120. The zero-order chi connectivity index (χ0) is 21.5. The van der Waals surface area contributed by atoms with Crippen molar-refractivity contribution in [2.24, 2.45) is 0 Å². The van der Waals surface area contributed by atoms with Crippen LogP contribution in [0.25, 0.3) is 5.69 Å². The number of carbonyl (C=O) groups is 2. The molecule has 1 atom stereocenters. The molecule has 158 valence electrons. The van der Waals surface area contributed by atoms with Crippen LogP contribution >= 0.6 is 0 Å². The molecule has 1 fully saturated rings. The molecule has 1 aromatic heterocycles. The highest BCUT2D eigenvalue weighted by Gasteiger charge is 2.44. The van der Waals surface area contributed by atoms with E-state index >= 15 is 0 Å². The number of likely N-dealkylation sites (tertiary alicyclic amines) is 1. The molecule has 2 aromatic carbocycles. The molecule has 0 radical (unpaired) electrons. The lowest BCUT2D eigenvalue weighted by Gasteiger charge is -2.39. The number of aryl methyl sites for hydroxylation is 1. The van der Waals surface area contributed by atoms with Gasteiger partial charge in [0.1, 0.15) is 5.69 Å². The van der Waals surface area contributed by atoms with Gasteiger partial charge in [-0.25, -0.2) is 4.68 Å². The first-order chi connectivity index (χ1) is 15.1. The summed E-state index contributed by atoms with van der Waals surface area (Å²) >= 11 is 0. The molecule has 0 saturated carbocycles. The van der Waals surface area contributed by atoms with Crippen molar-refractivity contribution in [2.75, 3.05) is 13.1 Å². The van der Waals surface area contributed by atoms with Gasteiger partial charge in [-0.05, 0) is 51.0 Å². The summed E-state index contributed by atoms with van der Waals surface area (Å²) in [5.41, 5.74) is 4.23. The fourth-order valence-corrected chi connectivity index (χ4v) is 5.03. The lowest BCUT2D eigenvalue weighted by Crippen LogP contribution is -2.47. The summed E-state index contributed by atoms with van der Waals surface area (Å²) in [6.45, 7) is 5.39. The maximum Gasteiger partial charge on any atom is 0.273 e. The highest BCUT2D eigenvalue weighted by molar-refractivity contribution is 5.99. The SMILES string of the molecule is Cc1nn(-c2ccccc2)c2c1C(C)N(C1CCN(C(=O)c3ccccc3)CC1)C2=O. The number of hydrogen-bond donors (Lipinski definition) is 0. The smallest absolute Gasteiger partial charge is 0.273 e. The molecule has 6 nitrogen and oxygen atoms in total. The molecule has 1 saturated heterocycles. The molecular formula is C25H26N4O2. The van der Waals surface area contributed by atoms with Gasteiger partial charge < -0.3 is 9.80 Å². The Hall–Kier alpha value is -3.41. The molecule has 2 amide bonds. The van der Waals surface area contributed by atoms with E-state index in [2.05, 4.69) is 12.0 Å². The summed E-state index contributed by atoms with van der Waals surface area (Å²) in [4.78, 5) is 30.2. The van der Waals surface area contributed by atoms with Crippen LogP contribution in [0.1, 0.15) is 57.9 Å². The molecule has 0 N–H and O–H groups in total. The van der Waals surface area contributed by atoms with Gasteiger partial charge in [-0.2, -0.15) is 5.10 Å². The van der Waals surface area contributed by atoms with E-state index in [4.69, 9.17) is 0 Å². The first-order valence-corrected chi connectivity index (χ1v) is 10.9. The lowest BCUT2D eigenvalue weighted by molar-refractivity contribution is 0.0470. The number of amides is 2. The van der Waals surface area contributed by atoms with E-state index in [0.717, 1.165) is 35.3 Å². The number of carbonyl (C=O) groups excluding carboxylic acids is 2. The minimum Gasteiger partial charge on any atom is -0.338 e. The van der Waals surface area contributed by atoms with Gasteiger partial charge in [0.15, 0.2) is 0 Å². The van der Waals surface area contributed by atoms with Gasteiger partial charge in [-0.3, -0.25) is 9.59 Å². The monoisotopic (exact) mass is 414 g/mol. The second-order valence-electron chi connectivity index (χ2n) is 8.37. The van der Waals surface area contributed by atoms with Crippen LogP contribution in [0.15, 0.2) is 60.7 Å². The highest BCUT2D eigenvalue weighted by atomic mass is 16.2. The van der Waals surface area contributed by atoms with E-state index in [-0.39, 0.29) is 23.9 Å². The molecule has 2 aliphatic rings. The number of hydrogen-bond acceptors (Lipinski definition) is 3. The maximum atomic E-state index is 13.5. The molecule has 0 spiro atoms. The lowest BCUT2D eigenvalue weighted by atomic mass is 10.0. The van der Waals surface area contributed by atoms with Crippen LogP contribution in [0, 0.1) is 6.92 Å². The van der Waals surface area contributed by atoms with Crippen LogP contribution in [0.4, 0.5) is 0 Å². The van der Waals surface area contributed by atoms with Gasteiger partial charge in [0, 0.05) is 30.3 Å². The Morgan fingerprint density at radius 2 is 1.58 bits per heavy atom. The first kappa shape index (κ1) is 19.5. The number of piperidine rings is 1. The molecule has 0 bridgehead atoms. The Labute approximate surface area is 182 Å². The predicted octanol–water partition coefficient (Wildman–Crippen LogP) is 4.00. The van der Waals surface area contributed by atoms with Crippen molar-refractivity contribution in [3.63, 3.8) is 0 Å². The van der Waals surface area contributed by atoms with E-state index in [9.17, 15) is 9.59 Å². The van der Waals surface area contributed by atoms with Crippen molar-refractivity contribution in [1.29, 1.82) is 0 Å². The molecule has 5 rings (SSSR count). The molecule has 1 unspecified atom stereocenters. The minimum atomic E-state index is -0.0127. The Balaban J connectivity index is 1.35. The van der Waals surface area contributed by atoms with Crippen LogP contribution < -0.4 is 0 Å². The van der Waals surface area contributed by atoms with Gasteiger partial charge in [-0.1, -0.05) is 36.4 Å². The third-order valence-corrected chi connectivity index (χ3v) is 6.55. The summed E-state index contributed by atoms with van der Waals surface area (Å²) in [5, 5.41) is 4.67. The average molecular weight is 415 g/mol. The largest absolute Gasteiger partial charge is 0.338 e. The first-order valence-electron chi connectivity index (χ1n) is 10.9. The number of benzene rings is 2. The summed E-state index contributed by atoms with van der Waals surface area (Å²) in [5.74, 6) is 0.110. The van der Waals surface area contributed by atoms with Crippen LogP contribution in [0.3, 0.4) is 0 Å². The van der Waals surface area contributed by atoms with Crippen LogP contribution in [-0.4, -0.2) is 50.5 Å². The summed E-state index contributed by atoms with van der Waals surface area (Å²) in [7, 11) is 0. The van der Waals surface area contributed by atoms with Crippen molar-refractivity contribution in [3.05, 3.63) is 83.2 Å². The van der Waals surface area contributed by atoms with Crippen molar-refractivity contribution in [1.82, 2.24) is 19.6 Å². The summed E-state index contributed by atoms with van der Waals surface area (Å²) in [6, 6.07) is 19.3. The second kappa shape index (κ2) is 7.69. The van der Waals surface area contributed by atoms with E-state index in [0.29, 0.717) is 18.8 Å². The zero-order valence-corrected chi connectivity index (χ0v) is 17.9. The second-order valence-corrected chi connectivity index (χ2v) is 8.37. The number of aromatic nitrogens is 2. The van der Waals surface area contributed by atoms with Crippen LogP contribution in [-0.2, 0) is 0 Å². The molecule has 3 aromatic rings. The fourth-order valence-electron chi connectivity index (χ4n) is 5.03. The van der Waals surface area contributed by atoms with E-state index in [1.54, 1.807) is 4.68 Å². The average Bonchev–Trinajstić information content (AvgIpc) is 3.30. The third kappa shape index (κ3) is 3.23. The molecule has 31 heavy (non-hydrogen) atoms. The third-order valence-electron chi connectivity index (χ3n) is 6.55. The topological polar surface area (TPSA) is 58.4 Å². The Morgan fingerprint density at radius 3 is 2.23 bits per heavy atom. The Morgan fingerprint density at radius 1 is 0.968 bits per heavy atom. The van der Waals surface area contributed by atoms with Crippen molar-refractivity contribution < 1.29 is 9.59 Å². The predicted molar refractivity (Wildman–Crippen MR) is 118 cm³/mol. The molecule has 6 heteroatoms. The van der Waals surface area contributed by atoms with Crippen LogP contribution in [0.2, 0.25) is 0 Å². The van der Waals surface area contributed by atoms with Crippen molar-refractivity contribution in [3.8, 4) is 5.69 Å². The number of rotatable bonds is 3. The fraction of sp³-hybridized carbons (Fsp3) is 0.320. The number of nitrogens with zero attached hydrogens (tertiary/aromatic N) is 4. The van der Waals surface area contributed by atoms with Crippen LogP contribution in [0.5, 0.6) is 0 Å². The molecule has 3 heterocycles. The highest BCUT2D eigenvalue weighted by Crippen LogP contribution is 2.40. The van der Waals surface area contributed by atoms with Gasteiger partial charge in [-0.15, -0.1) is 0 Å². The molecular weight excluding hydrogens is 388 g/mol. The van der Waals surface area contributed by atoms with Crippen molar-refractivity contribution >= 4 is 11.8 Å². The quantitative estimate of drug-likeness (QED) is 0.651. The van der Waals surface area contributed by atoms with Gasteiger partial charge in [0.2, 0.25) is 0 Å². The molecule has 0 aliphatic carbocycles. The van der Waals surface area contributed by atoms with Crippen molar-refractivity contribution in [2.45, 2.75) is 38.8 Å². The van der Waals surface area contributed by atoms with E-state index in [1.165, 1.54) is 0 Å². The van der Waals surface area contributed by atoms with Gasteiger partial charge >= 0.3 is 0 Å². The molecule has 2 aliphatic heterocycles. The number of para-hydroxylation sites is 1. The van der Waals surface area contributed by atoms with Gasteiger partial charge in [0.25, 0.3) is 11.8 Å². The zero-order valence-electron chi connectivity index (χ0n) is 17.9. The van der Waals surface area contributed by atoms with E-state index < -0.39 is 0 Å². The maximum absolute atomic E-state index is 13.5. The summed E-state index contributed by atoms with van der Waals surface area (Å²) in [6.07, 6.45) is 1.58. The van der Waals surface area contributed by atoms with E-state index in [1.807, 2.05) is 77.4 Å². The van der Waals surface area contributed by atoms with Gasteiger partial charge in [0.05, 0.1) is 17.4 Å². The minimum absolute atomic E-state index is 0.0127. The standard InChI is InChI=1S/C25H26N4O2/c1-17-22-18(2)28(25(31)23(22)29(26-17)21-11-7-4-8-12-21)20-13-15-27(16-14-20)24(30)19-9-5-3-6-10-19/h3-12,18,20H,13-16H2,1-2H3. The Kier molecular flexibility index (Phi) is 4.85.